The van der Waals surface area contributed by atoms with Crippen molar-refractivity contribution >= 4 is 21.9 Å². The van der Waals surface area contributed by atoms with Gasteiger partial charge < -0.3 is 11.1 Å². The molecule has 1 saturated carbocycles. The number of halogens is 1. The number of nitrogens with one attached hydrogen (secondary N) is 1. The molecule has 0 spiro atoms. The second kappa shape index (κ2) is 5.57. The number of aliphatic imine (C=N–C) groups is 1. The molecule has 1 aromatic rings. The molecule has 3 N–H and O–H groups in total. The molecule has 1 aliphatic carbocycles. The fraction of sp³-hybridized carbons (Fsp3) is 0.357. The average molecular weight is 308 g/mol. The topological polar surface area (TPSA) is 50.4 Å². The molecule has 0 aromatic heterocycles. The lowest BCUT2D eigenvalue weighted by molar-refractivity contribution is 0.852. The molecule has 1 aromatic carbocycles. The van der Waals surface area contributed by atoms with Gasteiger partial charge in [-0.15, -0.1) is 0 Å². The van der Waals surface area contributed by atoms with E-state index in [2.05, 4.69) is 57.1 Å². The van der Waals surface area contributed by atoms with E-state index in [9.17, 15) is 0 Å². The van der Waals surface area contributed by atoms with Crippen molar-refractivity contribution in [3.8, 4) is 0 Å². The Morgan fingerprint density at radius 3 is 2.78 bits per heavy atom. The van der Waals surface area contributed by atoms with Gasteiger partial charge in [-0.1, -0.05) is 40.2 Å². The lowest BCUT2D eigenvalue weighted by atomic mass is 10.1. The van der Waals surface area contributed by atoms with Gasteiger partial charge in [0.15, 0.2) is 5.96 Å². The number of nitrogens with zero attached hydrogens (tertiary/aromatic N) is 1. The monoisotopic (exact) mass is 307 g/mol. The van der Waals surface area contributed by atoms with Gasteiger partial charge in [0.05, 0.1) is 6.54 Å². The molecule has 18 heavy (non-hydrogen) atoms. The maximum absolute atomic E-state index is 5.82. The highest BCUT2D eigenvalue weighted by atomic mass is 79.9. The fourth-order valence-electron chi connectivity index (χ4n) is 1.89. The summed E-state index contributed by atoms with van der Waals surface area (Å²) in [7, 11) is 0. The normalized spacial score (nSPS) is 22.7. The molecule has 0 amide bonds. The number of hydrogen-bond acceptors (Lipinski definition) is 1. The quantitative estimate of drug-likeness (QED) is 0.510. The van der Waals surface area contributed by atoms with E-state index < -0.39 is 0 Å². The van der Waals surface area contributed by atoms with E-state index in [4.69, 9.17) is 5.73 Å². The Labute approximate surface area is 116 Å². The molecule has 1 fully saturated rings. The van der Waals surface area contributed by atoms with E-state index in [1.807, 2.05) is 6.92 Å². The van der Waals surface area contributed by atoms with Gasteiger partial charge in [0.1, 0.15) is 0 Å². The maximum atomic E-state index is 5.82. The van der Waals surface area contributed by atoms with Crippen LogP contribution < -0.4 is 11.1 Å². The van der Waals surface area contributed by atoms with Crippen LogP contribution in [0.1, 0.15) is 24.8 Å². The van der Waals surface area contributed by atoms with Gasteiger partial charge in [0, 0.05) is 16.4 Å². The first-order valence-electron chi connectivity index (χ1n) is 6.02. The van der Waals surface area contributed by atoms with Crippen LogP contribution in [-0.4, -0.2) is 18.5 Å². The number of guanidine groups is 1. The van der Waals surface area contributed by atoms with E-state index in [0.717, 1.165) is 16.5 Å². The summed E-state index contributed by atoms with van der Waals surface area (Å²) in [4.78, 5) is 4.22. The fourth-order valence-corrected chi connectivity index (χ4v) is 2.15. The summed E-state index contributed by atoms with van der Waals surface area (Å²) >= 11 is 3.44. The predicted octanol–water partition coefficient (Wildman–Crippen LogP) is 2.79. The minimum Gasteiger partial charge on any atom is -0.370 e. The standard InChI is InChI=1S/C14H18BrN3/c1-9(2)8-17-14(16)18-13-7-12(13)10-3-5-11(15)6-4-10/h3-6,12-13H,1,7-8H2,2H3,(H3,16,17,18)/t12-,13+/m0/s1. The highest BCUT2D eigenvalue weighted by Gasteiger charge is 2.38. The molecule has 0 bridgehead atoms. The van der Waals surface area contributed by atoms with Gasteiger partial charge >= 0.3 is 0 Å². The number of rotatable bonds is 4. The van der Waals surface area contributed by atoms with Crippen molar-refractivity contribution in [1.82, 2.24) is 5.32 Å². The molecular weight excluding hydrogens is 290 g/mol. The third-order valence-electron chi connectivity index (χ3n) is 2.94. The van der Waals surface area contributed by atoms with Gasteiger partial charge in [-0.05, 0) is 31.0 Å². The lowest BCUT2D eigenvalue weighted by Gasteiger charge is -2.05. The molecule has 2 rings (SSSR count). The van der Waals surface area contributed by atoms with Crippen molar-refractivity contribution in [3.05, 3.63) is 46.5 Å². The highest BCUT2D eigenvalue weighted by Crippen LogP contribution is 2.40. The lowest BCUT2D eigenvalue weighted by Crippen LogP contribution is -2.34. The van der Waals surface area contributed by atoms with E-state index in [1.165, 1.54) is 5.56 Å². The Morgan fingerprint density at radius 1 is 1.50 bits per heavy atom. The summed E-state index contributed by atoms with van der Waals surface area (Å²) in [5.41, 5.74) is 8.18. The second-order valence-corrected chi connectivity index (χ2v) is 5.72. The Bertz CT molecular complexity index is 464. The number of benzene rings is 1. The Morgan fingerprint density at radius 2 is 2.17 bits per heavy atom. The molecule has 3 nitrogen and oxygen atoms in total. The van der Waals surface area contributed by atoms with Crippen LogP contribution in [0.3, 0.4) is 0 Å². The summed E-state index contributed by atoms with van der Waals surface area (Å²) in [6, 6.07) is 8.86. The molecule has 1 aliphatic rings. The first-order chi connectivity index (χ1) is 8.56. The summed E-state index contributed by atoms with van der Waals surface area (Å²) in [6.45, 7) is 6.33. The van der Waals surface area contributed by atoms with E-state index in [1.54, 1.807) is 0 Å². The van der Waals surface area contributed by atoms with E-state index in [0.29, 0.717) is 24.5 Å². The number of hydrogen-bond donors (Lipinski definition) is 2. The van der Waals surface area contributed by atoms with Crippen LogP contribution in [0.5, 0.6) is 0 Å². The van der Waals surface area contributed by atoms with Gasteiger partial charge in [0.25, 0.3) is 0 Å². The van der Waals surface area contributed by atoms with Crippen LogP contribution in [0.15, 0.2) is 45.9 Å². The second-order valence-electron chi connectivity index (χ2n) is 4.80. The molecule has 0 radical (unpaired) electrons. The molecule has 0 heterocycles. The van der Waals surface area contributed by atoms with Crippen molar-refractivity contribution in [2.75, 3.05) is 6.54 Å². The zero-order valence-corrected chi connectivity index (χ0v) is 12.1. The molecule has 96 valence electrons. The summed E-state index contributed by atoms with van der Waals surface area (Å²) in [6.07, 6.45) is 1.12. The molecular formula is C14H18BrN3. The van der Waals surface area contributed by atoms with Crippen LogP contribution in [0.2, 0.25) is 0 Å². The van der Waals surface area contributed by atoms with E-state index in [-0.39, 0.29) is 0 Å². The highest BCUT2D eigenvalue weighted by molar-refractivity contribution is 9.10. The smallest absolute Gasteiger partial charge is 0.189 e. The zero-order valence-electron chi connectivity index (χ0n) is 10.5. The van der Waals surface area contributed by atoms with Gasteiger partial charge in [0.2, 0.25) is 0 Å². The van der Waals surface area contributed by atoms with Crippen LogP contribution in [0, 0.1) is 0 Å². The first-order valence-corrected chi connectivity index (χ1v) is 6.82. The number of nitrogens with two attached hydrogens (primary N) is 1. The Hall–Kier alpha value is -1.29. The third-order valence-corrected chi connectivity index (χ3v) is 3.47. The van der Waals surface area contributed by atoms with Crippen molar-refractivity contribution in [2.45, 2.75) is 25.3 Å². The van der Waals surface area contributed by atoms with E-state index >= 15 is 0 Å². The molecule has 0 unspecified atom stereocenters. The Balaban J connectivity index is 1.86. The van der Waals surface area contributed by atoms with Gasteiger partial charge in [-0.3, -0.25) is 0 Å². The third kappa shape index (κ3) is 3.60. The average Bonchev–Trinajstić information content (AvgIpc) is 3.07. The first kappa shape index (κ1) is 13.1. The summed E-state index contributed by atoms with van der Waals surface area (Å²) in [5.74, 6) is 1.07. The van der Waals surface area contributed by atoms with Crippen LogP contribution in [-0.2, 0) is 0 Å². The van der Waals surface area contributed by atoms with Crippen LogP contribution in [0.4, 0.5) is 0 Å². The largest absolute Gasteiger partial charge is 0.370 e. The maximum Gasteiger partial charge on any atom is 0.189 e. The zero-order chi connectivity index (χ0) is 13.1. The molecule has 2 atom stereocenters. The van der Waals surface area contributed by atoms with Gasteiger partial charge in [-0.25, -0.2) is 4.99 Å². The Kier molecular flexibility index (Phi) is 4.07. The minimum absolute atomic E-state index is 0.417. The van der Waals surface area contributed by atoms with Crippen molar-refractivity contribution in [3.63, 3.8) is 0 Å². The predicted molar refractivity (Wildman–Crippen MR) is 79.7 cm³/mol. The van der Waals surface area contributed by atoms with Crippen molar-refractivity contribution < 1.29 is 0 Å². The summed E-state index contributed by atoms with van der Waals surface area (Å²) < 4.78 is 1.11. The van der Waals surface area contributed by atoms with Crippen LogP contribution >= 0.6 is 15.9 Å². The minimum atomic E-state index is 0.417. The molecule has 0 saturated heterocycles. The molecule has 4 heteroatoms. The molecule has 0 aliphatic heterocycles. The van der Waals surface area contributed by atoms with Crippen molar-refractivity contribution in [2.24, 2.45) is 10.7 Å². The van der Waals surface area contributed by atoms with Gasteiger partial charge in [-0.2, -0.15) is 0 Å². The SMILES string of the molecule is C=C(C)CN=C(N)N[C@@H]1C[C@H]1c1ccc(Br)cc1. The summed E-state index contributed by atoms with van der Waals surface area (Å²) in [5, 5.41) is 3.25. The van der Waals surface area contributed by atoms with Crippen LogP contribution in [0.25, 0.3) is 0 Å². The van der Waals surface area contributed by atoms with Crippen molar-refractivity contribution in [1.29, 1.82) is 0 Å².